The first kappa shape index (κ1) is 14.1. The highest BCUT2D eigenvalue weighted by Gasteiger charge is 2.14. The average Bonchev–Trinajstić information content (AvgIpc) is 2.83. The van der Waals surface area contributed by atoms with Gasteiger partial charge in [0, 0.05) is 26.0 Å². The fourth-order valence-corrected chi connectivity index (χ4v) is 1.85. The molecule has 0 bridgehead atoms. The fourth-order valence-electron chi connectivity index (χ4n) is 1.85. The molecule has 0 atom stereocenters. The van der Waals surface area contributed by atoms with Crippen molar-refractivity contribution in [1.82, 2.24) is 19.7 Å². The number of hydrogen-bond acceptors (Lipinski definition) is 5. The van der Waals surface area contributed by atoms with Crippen LogP contribution in [0.5, 0.6) is 0 Å². The molecule has 0 spiro atoms. The second-order valence-corrected chi connectivity index (χ2v) is 5.20. The van der Waals surface area contributed by atoms with Gasteiger partial charge >= 0.3 is 0 Å². The lowest BCUT2D eigenvalue weighted by molar-refractivity contribution is -0.119. The Morgan fingerprint density at radius 3 is 3.00 bits per heavy atom. The third-order valence-corrected chi connectivity index (χ3v) is 2.82. The third-order valence-electron chi connectivity index (χ3n) is 2.82. The van der Waals surface area contributed by atoms with E-state index in [2.05, 4.69) is 29.1 Å². The van der Waals surface area contributed by atoms with E-state index < -0.39 is 0 Å². The molecular formula is C13H20N6O. The van der Waals surface area contributed by atoms with Gasteiger partial charge in [-0.1, -0.05) is 13.8 Å². The highest BCUT2D eigenvalue weighted by molar-refractivity contribution is 5.82. The van der Waals surface area contributed by atoms with Gasteiger partial charge in [0.05, 0.1) is 12.7 Å². The molecule has 0 aromatic carbocycles. The molecule has 0 aliphatic rings. The Hall–Kier alpha value is -2.31. The number of carbonyl (C=O) groups excluding carboxylic acids is 1. The highest BCUT2D eigenvalue weighted by Crippen LogP contribution is 2.17. The van der Waals surface area contributed by atoms with Gasteiger partial charge in [0.15, 0.2) is 11.5 Å². The summed E-state index contributed by atoms with van der Waals surface area (Å²) in [6.45, 7) is 4.98. The van der Waals surface area contributed by atoms with Gasteiger partial charge < -0.3 is 20.4 Å². The molecule has 1 amide bonds. The number of likely N-dealkylation sites (N-methyl/N-ethyl adjacent to an activating group) is 1. The number of carbonyl (C=O) groups is 1. The zero-order valence-corrected chi connectivity index (χ0v) is 12.0. The largest absolute Gasteiger partial charge is 0.382 e. The van der Waals surface area contributed by atoms with Crippen LogP contribution in [0.2, 0.25) is 0 Å². The first-order chi connectivity index (χ1) is 9.47. The number of anilines is 2. The molecule has 0 radical (unpaired) electrons. The minimum atomic E-state index is -0.0462. The van der Waals surface area contributed by atoms with Crippen molar-refractivity contribution >= 4 is 23.2 Å². The van der Waals surface area contributed by atoms with Crippen LogP contribution < -0.4 is 16.0 Å². The first-order valence-corrected chi connectivity index (χ1v) is 6.54. The molecule has 0 aliphatic carbocycles. The van der Waals surface area contributed by atoms with E-state index >= 15 is 0 Å². The van der Waals surface area contributed by atoms with Crippen LogP contribution in [0, 0.1) is 5.92 Å². The van der Waals surface area contributed by atoms with Crippen molar-refractivity contribution in [3.05, 3.63) is 18.6 Å². The maximum Gasteiger partial charge on any atom is 0.239 e. The van der Waals surface area contributed by atoms with Gasteiger partial charge in [-0.15, -0.1) is 0 Å². The van der Waals surface area contributed by atoms with Gasteiger partial charge in [-0.3, -0.25) is 4.79 Å². The molecule has 2 rings (SSSR count). The van der Waals surface area contributed by atoms with Crippen molar-refractivity contribution in [3.8, 4) is 0 Å². The number of amides is 1. The van der Waals surface area contributed by atoms with Crippen LogP contribution in [0.15, 0.2) is 18.6 Å². The Bertz CT molecular complexity index is 606. The maximum absolute atomic E-state index is 11.9. The molecule has 3 N–H and O–H groups in total. The Morgan fingerprint density at radius 1 is 1.55 bits per heavy atom. The molecule has 2 aromatic heterocycles. The van der Waals surface area contributed by atoms with E-state index in [1.807, 2.05) is 0 Å². The molecule has 20 heavy (non-hydrogen) atoms. The van der Waals surface area contributed by atoms with Gasteiger partial charge in [-0.05, 0) is 5.92 Å². The van der Waals surface area contributed by atoms with Crippen molar-refractivity contribution in [1.29, 1.82) is 0 Å². The number of aromatic nitrogens is 3. The molecule has 2 aromatic rings. The maximum atomic E-state index is 11.9. The molecular weight excluding hydrogens is 256 g/mol. The van der Waals surface area contributed by atoms with Crippen LogP contribution in [-0.4, -0.2) is 40.4 Å². The topological polar surface area (TPSA) is 88.5 Å². The van der Waals surface area contributed by atoms with Crippen LogP contribution >= 0.6 is 0 Å². The van der Waals surface area contributed by atoms with Crippen molar-refractivity contribution in [2.45, 2.75) is 13.8 Å². The summed E-state index contributed by atoms with van der Waals surface area (Å²) in [6.07, 6.45) is 5.16. The van der Waals surface area contributed by atoms with E-state index in [0.717, 1.165) is 0 Å². The Labute approximate surface area is 117 Å². The molecule has 2 heterocycles. The Kier molecular flexibility index (Phi) is 4.07. The van der Waals surface area contributed by atoms with E-state index in [-0.39, 0.29) is 12.5 Å². The van der Waals surface area contributed by atoms with E-state index in [1.54, 1.807) is 34.9 Å². The highest BCUT2D eigenvalue weighted by atomic mass is 16.2. The molecule has 7 heteroatoms. The van der Waals surface area contributed by atoms with Crippen LogP contribution in [0.3, 0.4) is 0 Å². The normalized spacial score (nSPS) is 11.0. The molecule has 0 unspecified atom stereocenters. The summed E-state index contributed by atoms with van der Waals surface area (Å²) >= 11 is 0. The number of nitrogens with zero attached hydrogens (tertiary/aromatic N) is 4. The predicted octanol–water partition coefficient (Wildman–Crippen LogP) is 0.520. The Morgan fingerprint density at radius 2 is 2.30 bits per heavy atom. The first-order valence-electron chi connectivity index (χ1n) is 6.54. The van der Waals surface area contributed by atoms with E-state index in [9.17, 15) is 4.79 Å². The standard InChI is InChI=1S/C13H20N6O/c1-9(2)6-16-11(20)8-18(3)13-12-15-4-5-19(12)7-10(14)17-13/h4-5,7,9H,6,8,14H2,1-3H3,(H,16,20). The second-order valence-electron chi connectivity index (χ2n) is 5.20. The van der Waals surface area contributed by atoms with E-state index in [4.69, 9.17) is 5.73 Å². The van der Waals surface area contributed by atoms with Crippen molar-refractivity contribution in [3.63, 3.8) is 0 Å². The number of fused-ring (bicyclic) bond motifs is 1. The van der Waals surface area contributed by atoms with Crippen LogP contribution in [-0.2, 0) is 4.79 Å². The van der Waals surface area contributed by atoms with Gasteiger partial charge in [0.25, 0.3) is 0 Å². The van der Waals surface area contributed by atoms with Crippen LogP contribution in [0.4, 0.5) is 11.6 Å². The van der Waals surface area contributed by atoms with E-state index in [0.29, 0.717) is 29.7 Å². The molecule has 0 fully saturated rings. The SMILES string of the molecule is CC(C)CNC(=O)CN(C)c1nc(N)cn2ccnc12. The van der Waals surface area contributed by atoms with Gasteiger partial charge in [0.2, 0.25) is 5.91 Å². The number of nitrogen functional groups attached to an aromatic ring is 1. The second kappa shape index (κ2) is 5.77. The average molecular weight is 276 g/mol. The monoisotopic (exact) mass is 276 g/mol. The lowest BCUT2D eigenvalue weighted by Gasteiger charge is -2.19. The summed E-state index contributed by atoms with van der Waals surface area (Å²) < 4.78 is 1.79. The Balaban J connectivity index is 2.13. The molecule has 7 nitrogen and oxygen atoms in total. The predicted molar refractivity (Wildman–Crippen MR) is 78.5 cm³/mol. The number of nitrogens with two attached hydrogens (primary N) is 1. The van der Waals surface area contributed by atoms with Crippen LogP contribution in [0.25, 0.3) is 5.65 Å². The third kappa shape index (κ3) is 3.17. The molecule has 108 valence electrons. The van der Waals surface area contributed by atoms with Gasteiger partial charge in [-0.25, -0.2) is 9.97 Å². The quantitative estimate of drug-likeness (QED) is 0.831. The minimum absolute atomic E-state index is 0.0462. The number of hydrogen-bond donors (Lipinski definition) is 2. The lowest BCUT2D eigenvalue weighted by Crippen LogP contribution is -2.37. The van der Waals surface area contributed by atoms with Gasteiger partial charge in [0.1, 0.15) is 5.82 Å². The zero-order valence-electron chi connectivity index (χ0n) is 12.0. The number of imidazole rings is 1. The molecule has 0 saturated heterocycles. The summed E-state index contributed by atoms with van der Waals surface area (Å²) in [5, 5.41) is 2.87. The molecule has 0 saturated carbocycles. The summed E-state index contributed by atoms with van der Waals surface area (Å²) in [4.78, 5) is 22.1. The summed E-state index contributed by atoms with van der Waals surface area (Å²) in [7, 11) is 1.80. The smallest absolute Gasteiger partial charge is 0.239 e. The molecule has 0 aliphatic heterocycles. The van der Waals surface area contributed by atoms with Crippen molar-refractivity contribution < 1.29 is 4.79 Å². The minimum Gasteiger partial charge on any atom is -0.382 e. The van der Waals surface area contributed by atoms with E-state index in [1.165, 1.54) is 0 Å². The number of rotatable bonds is 5. The zero-order chi connectivity index (χ0) is 14.7. The summed E-state index contributed by atoms with van der Waals surface area (Å²) in [5.41, 5.74) is 6.44. The lowest BCUT2D eigenvalue weighted by atomic mass is 10.2. The summed E-state index contributed by atoms with van der Waals surface area (Å²) in [6, 6.07) is 0. The van der Waals surface area contributed by atoms with Crippen molar-refractivity contribution in [2.24, 2.45) is 5.92 Å². The number of nitrogens with one attached hydrogen (secondary N) is 1. The fraction of sp³-hybridized carbons (Fsp3) is 0.462. The van der Waals surface area contributed by atoms with Crippen molar-refractivity contribution in [2.75, 3.05) is 30.8 Å². The van der Waals surface area contributed by atoms with Gasteiger partial charge in [-0.2, -0.15) is 0 Å². The van der Waals surface area contributed by atoms with Crippen LogP contribution in [0.1, 0.15) is 13.8 Å². The summed E-state index contributed by atoms with van der Waals surface area (Å²) in [5.74, 6) is 1.36.